The van der Waals surface area contributed by atoms with E-state index in [4.69, 9.17) is 4.98 Å². The molecule has 1 fully saturated rings. The molecular weight excluding hydrogens is 460 g/mol. The topological polar surface area (TPSA) is 50.1 Å². The first-order valence-corrected chi connectivity index (χ1v) is 11.4. The number of halogens is 4. The summed E-state index contributed by atoms with van der Waals surface area (Å²) < 4.78 is 55.7. The van der Waals surface area contributed by atoms with Crippen molar-refractivity contribution >= 4 is 11.9 Å². The molecule has 4 rings (SSSR count). The van der Waals surface area contributed by atoms with Gasteiger partial charge in [0.05, 0.1) is 11.3 Å². The Hall–Kier alpha value is -3.27. The van der Waals surface area contributed by atoms with E-state index in [-0.39, 0.29) is 11.5 Å². The van der Waals surface area contributed by atoms with Crippen LogP contribution in [-0.4, -0.2) is 58.1 Å². The van der Waals surface area contributed by atoms with Crippen molar-refractivity contribution in [2.24, 2.45) is 0 Å². The summed E-state index contributed by atoms with van der Waals surface area (Å²) in [6.45, 7) is 6.75. The molecule has 1 aromatic carbocycles. The number of benzene rings is 1. The Morgan fingerprint density at radius 1 is 1.20 bits per heavy atom. The van der Waals surface area contributed by atoms with Crippen molar-refractivity contribution in [3.63, 3.8) is 0 Å². The van der Waals surface area contributed by atoms with Gasteiger partial charge in [-0.1, -0.05) is 12.7 Å². The second kappa shape index (κ2) is 10.2. The lowest BCUT2D eigenvalue weighted by atomic mass is 9.95. The van der Waals surface area contributed by atoms with Crippen LogP contribution in [0.3, 0.4) is 0 Å². The van der Waals surface area contributed by atoms with Crippen LogP contribution in [0.5, 0.6) is 0 Å². The van der Waals surface area contributed by atoms with Crippen molar-refractivity contribution in [1.82, 2.24) is 24.4 Å². The predicted molar refractivity (Wildman–Crippen MR) is 127 cm³/mol. The van der Waals surface area contributed by atoms with Gasteiger partial charge in [-0.2, -0.15) is 13.2 Å². The molecule has 0 spiro atoms. The average Bonchev–Trinajstić information content (AvgIpc) is 3.26. The Bertz CT molecular complexity index is 1180. The summed E-state index contributed by atoms with van der Waals surface area (Å²) in [6, 6.07) is 3.04. The van der Waals surface area contributed by atoms with Gasteiger partial charge in [0.1, 0.15) is 23.8 Å². The van der Waals surface area contributed by atoms with Gasteiger partial charge in [-0.3, -0.25) is 0 Å². The molecule has 1 aliphatic rings. The third-order valence-electron chi connectivity index (χ3n) is 6.26. The monoisotopic (exact) mass is 488 g/mol. The average molecular weight is 489 g/mol. The molecular formula is C25H28F4N6. The maximum absolute atomic E-state index is 13.8. The Labute approximate surface area is 201 Å². The van der Waals surface area contributed by atoms with Crippen LogP contribution >= 0.6 is 0 Å². The standard InChI is InChI=1S/C25H28F4N6/c1-4-17-14-30-16-31-23(17)34-9-7-18(8-10-34)24-32-22(15-35(24)12-11-33(2)3)19-5-6-21(26)20(13-19)25(27,28)29/h4-6,13-16,18H,1,7-12H2,2-3H3. The van der Waals surface area contributed by atoms with Crippen LogP contribution in [-0.2, 0) is 12.7 Å². The largest absolute Gasteiger partial charge is 0.419 e. The quantitative estimate of drug-likeness (QED) is 0.434. The Morgan fingerprint density at radius 3 is 2.60 bits per heavy atom. The number of rotatable bonds is 7. The molecule has 6 nitrogen and oxygen atoms in total. The molecule has 10 heteroatoms. The highest BCUT2D eigenvalue weighted by atomic mass is 19.4. The van der Waals surface area contributed by atoms with E-state index in [1.54, 1.807) is 18.5 Å². The van der Waals surface area contributed by atoms with Crippen LogP contribution in [0.25, 0.3) is 17.3 Å². The zero-order valence-corrected chi connectivity index (χ0v) is 19.8. The van der Waals surface area contributed by atoms with Gasteiger partial charge >= 0.3 is 6.18 Å². The second-order valence-corrected chi connectivity index (χ2v) is 8.94. The van der Waals surface area contributed by atoms with E-state index < -0.39 is 17.6 Å². The fourth-order valence-electron chi connectivity index (χ4n) is 4.38. The molecule has 1 aliphatic heterocycles. The number of imidazole rings is 1. The summed E-state index contributed by atoms with van der Waals surface area (Å²) in [5, 5.41) is 0. The van der Waals surface area contributed by atoms with Gasteiger partial charge in [0.2, 0.25) is 0 Å². The molecule has 0 saturated carbocycles. The van der Waals surface area contributed by atoms with Crippen LogP contribution in [0.15, 0.2) is 43.5 Å². The normalized spacial score (nSPS) is 15.1. The van der Waals surface area contributed by atoms with Crippen LogP contribution in [0.1, 0.15) is 35.7 Å². The summed E-state index contributed by atoms with van der Waals surface area (Å²) in [5.41, 5.74) is 0.252. The lowest BCUT2D eigenvalue weighted by Gasteiger charge is -2.33. The SMILES string of the molecule is C=Cc1cncnc1N1CCC(c2nc(-c3ccc(F)c(C(F)(F)F)c3)cn2CCN(C)C)CC1. The number of nitrogens with zero attached hydrogens (tertiary/aromatic N) is 6. The van der Waals surface area contributed by atoms with Gasteiger partial charge in [-0.25, -0.2) is 19.3 Å². The van der Waals surface area contributed by atoms with Crippen molar-refractivity contribution < 1.29 is 17.6 Å². The second-order valence-electron chi connectivity index (χ2n) is 8.94. The molecule has 3 heterocycles. The molecule has 3 aromatic rings. The van der Waals surface area contributed by atoms with Crippen molar-refractivity contribution in [2.75, 3.05) is 38.6 Å². The third-order valence-corrected chi connectivity index (χ3v) is 6.26. The molecule has 1 saturated heterocycles. The minimum absolute atomic E-state index is 0.138. The highest BCUT2D eigenvalue weighted by molar-refractivity contribution is 5.62. The molecule has 0 N–H and O–H groups in total. The summed E-state index contributed by atoms with van der Waals surface area (Å²) in [5.74, 6) is 0.533. The van der Waals surface area contributed by atoms with Crippen molar-refractivity contribution in [1.29, 1.82) is 0 Å². The van der Waals surface area contributed by atoms with E-state index >= 15 is 0 Å². The van der Waals surface area contributed by atoms with E-state index in [1.807, 2.05) is 23.6 Å². The first-order valence-electron chi connectivity index (χ1n) is 11.4. The molecule has 0 atom stereocenters. The highest BCUT2D eigenvalue weighted by Crippen LogP contribution is 2.36. The number of likely N-dealkylation sites (N-methyl/N-ethyl adjacent to an activating group) is 1. The number of hydrogen-bond acceptors (Lipinski definition) is 5. The van der Waals surface area contributed by atoms with E-state index in [2.05, 4.69) is 21.4 Å². The van der Waals surface area contributed by atoms with Crippen LogP contribution < -0.4 is 4.90 Å². The van der Waals surface area contributed by atoms with E-state index in [1.165, 1.54) is 12.4 Å². The lowest BCUT2D eigenvalue weighted by molar-refractivity contribution is -0.139. The Balaban J connectivity index is 1.61. The van der Waals surface area contributed by atoms with E-state index in [0.29, 0.717) is 12.2 Å². The zero-order chi connectivity index (χ0) is 25.2. The molecule has 35 heavy (non-hydrogen) atoms. The molecule has 186 valence electrons. The highest BCUT2D eigenvalue weighted by Gasteiger charge is 2.34. The first kappa shape index (κ1) is 24.8. The molecule has 0 amide bonds. The Kier molecular flexibility index (Phi) is 7.20. The summed E-state index contributed by atoms with van der Waals surface area (Å²) in [6.07, 6.45) is 3.63. The van der Waals surface area contributed by atoms with Crippen molar-refractivity contribution in [3.8, 4) is 11.3 Å². The number of aromatic nitrogens is 4. The fourth-order valence-corrected chi connectivity index (χ4v) is 4.38. The summed E-state index contributed by atoms with van der Waals surface area (Å²) >= 11 is 0. The number of alkyl halides is 3. The van der Waals surface area contributed by atoms with Crippen LogP contribution in [0.4, 0.5) is 23.4 Å². The van der Waals surface area contributed by atoms with E-state index in [9.17, 15) is 17.6 Å². The third kappa shape index (κ3) is 5.53. The number of anilines is 1. The van der Waals surface area contributed by atoms with Crippen molar-refractivity contribution in [3.05, 3.63) is 66.3 Å². The van der Waals surface area contributed by atoms with Gasteiger partial charge in [-0.05, 0) is 45.1 Å². The van der Waals surface area contributed by atoms with Crippen LogP contribution in [0.2, 0.25) is 0 Å². The van der Waals surface area contributed by atoms with Gasteiger partial charge in [-0.15, -0.1) is 0 Å². The smallest absolute Gasteiger partial charge is 0.356 e. The molecule has 0 aliphatic carbocycles. The molecule has 0 bridgehead atoms. The maximum atomic E-state index is 13.8. The van der Waals surface area contributed by atoms with Gasteiger partial charge in [0, 0.05) is 55.6 Å². The van der Waals surface area contributed by atoms with Crippen LogP contribution in [0, 0.1) is 5.82 Å². The summed E-state index contributed by atoms with van der Waals surface area (Å²) in [4.78, 5) is 17.5. The lowest BCUT2D eigenvalue weighted by Crippen LogP contribution is -2.35. The molecule has 2 aromatic heterocycles. The first-order chi connectivity index (χ1) is 16.7. The maximum Gasteiger partial charge on any atom is 0.419 e. The summed E-state index contributed by atoms with van der Waals surface area (Å²) in [7, 11) is 3.93. The minimum atomic E-state index is -4.77. The predicted octanol–water partition coefficient (Wildman–Crippen LogP) is 5.09. The zero-order valence-electron chi connectivity index (χ0n) is 19.8. The number of piperidine rings is 1. The Morgan fingerprint density at radius 2 is 1.94 bits per heavy atom. The number of hydrogen-bond donors (Lipinski definition) is 0. The van der Waals surface area contributed by atoms with Gasteiger partial charge < -0.3 is 14.4 Å². The fraction of sp³-hybridized carbons (Fsp3) is 0.400. The molecule has 0 radical (unpaired) electrons. The van der Waals surface area contributed by atoms with Crippen molar-refractivity contribution in [2.45, 2.75) is 31.5 Å². The van der Waals surface area contributed by atoms with Gasteiger partial charge in [0.15, 0.2) is 0 Å². The minimum Gasteiger partial charge on any atom is -0.356 e. The van der Waals surface area contributed by atoms with Gasteiger partial charge in [0.25, 0.3) is 0 Å². The van der Waals surface area contributed by atoms with E-state index in [0.717, 1.165) is 61.8 Å². The molecule has 0 unspecified atom stereocenters.